The Kier molecular flexibility index (Phi) is 5.55. The van der Waals surface area contributed by atoms with E-state index in [0.29, 0.717) is 44.9 Å². The Labute approximate surface area is 152 Å². The Morgan fingerprint density at radius 2 is 1.77 bits per heavy atom. The molecule has 1 aromatic carbocycles. The van der Waals surface area contributed by atoms with Gasteiger partial charge in [0.05, 0.1) is 13.0 Å². The molecule has 1 fully saturated rings. The molecule has 0 unspecified atom stereocenters. The first-order valence-electron chi connectivity index (χ1n) is 8.87. The van der Waals surface area contributed by atoms with Gasteiger partial charge in [-0.05, 0) is 37.6 Å². The van der Waals surface area contributed by atoms with Gasteiger partial charge >= 0.3 is 0 Å². The monoisotopic (exact) mass is 356 g/mol. The molecular formula is C19H24N4O3. The lowest BCUT2D eigenvalue weighted by Gasteiger charge is -2.34. The molecule has 0 radical (unpaired) electrons. The highest BCUT2D eigenvalue weighted by Gasteiger charge is 2.25. The van der Waals surface area contributed by atoms with E-state index in [1.54, 1.807) is 11.0 Å². The van der Waals surface area contributed by atoms with Crippen molar-refractivity contribution in [3.63, 3.8) is 0 Å². The predicted molar refractivity (Wildman–Crippen MR) is 97.1 cm³/mol. The van der Waals surface area contributed by atoms with Crippen molar-refractivity contribution < 1.29 is 14.3 Å². The molecule has 0 aliphatic carbocycles. The standard InChI is InChI=1S/C19H24N4O3/c1-3-26-16-6-4-15(5-7-16)13-18(24)22-8-10-23(11-9-22)19(25)17-12-14(2)20-21-17/h4-7,12H,3,8-11,13H2,1-2H3,(H,20,21). The predicted octanol–water partition coefficient (Wildman–Crippen LogP) is 1.64. The third-order valence-electron chi connectivity index (χ3n) is 4.43. The van der Waals surface area contributed by atoms with Crippen molar-refractivity contribution in [3.05, 3.63) is 47.3 Å². The largest absolute Gasteiger partial charge is 0.494 e. The Hall–Kier alpha value is -2.83. The molecule has 7 heteroatoms. The van der Waals surface area contributed by atoms with E-state index >= 15 is 0 Å². The summed E-state index contributed by atoms with van der Waals surface area (Å²) in [7, 11) is 0. The van der Waals surface area contributed by atoms with E-state index in [1.165, 1.54) is 0 Å². The molecule has 1 aliphatic heterocycles. The molecule has 2 heterocycles. The van der Waals surface area contributed by atoms with Gasteiger partial charge in [0.2, 0.25) is 5.91 Å². The summed E-state index contributed by atoms with van der Waals surface area (Å²) in [5, 5.41) is 6.80. The number of hydrogen-bond acceptors (Lipinski definition) is 4. The van der Waals surface area contributed by atoms with E-state index in [2.05, 4.69) is 10.2 Å². The normalized spacial score (nSPS) is 14.4. The fraction of sp³-hybridized carbons (Fsp3) is 0.421. The van der Waals surface area contributed by atoms with Crippen LogP contribution in [-0.4, -0.2) is 64.6 Å². The second-order valence-electron chi connectivity index (χ2n) is 6.36. The van der Waals surface area contributed by atoms with Gasteiger partial charge < -0.3 is 14.5 Å². The average molecular weight is 356 g/mol. The highest BCUT2D eigenvalue weighted by molar-refractivity contribution is 5.92. The van der Waals surface area contributed by atoms with E-state index in [1.807, 2.05) is 43.0 Å². The number of nitrogens with zero attached hydrogens (tertiary/aromatic N) is 3. The van der Waals surface area contributed by atoms with Gasteiger partial charge in [0.25, 0.3) is 5.91 Å². The number of amides is 2. The number of benzene rings is 1. The van der Waals surface area contributed by atoms with Gasteiger partial charge in [-0.25, -0.2) is 0 Å². The van der Waals surface area contributed by atoms with Gasteiger partial charge in [0.1, 0.15) is 11.4 Å². The number of aryl methyl sites for hydroxylation is 1. The molecule has 1 saturated heterocycles. The zero-order valence-corrected chi connectivity index (χ0v) is 15.2. The van der Waals surface area contributed by atoms with Crippen LogP contribution in [0, 0.1) is 6.92 Å². The van der Waals surface area contributed by atoms with Gasteiger partial charge in [0, 0.05) is 31.9 Å². The van der Waals surface area contributed by atoms with Crippen LogP contribution < -0.4 is 4.74 Å². The molecule has 0 saturated carbocycles. The van der Waals surface area contributed by atoms with Crippen LogP contribution in [0.1, 0.15) is 28.7 Å². The number of rotatable bonds is 5. The topological polar surface area (TPSA) is 78.5 Å². The van der Waals surface area contributed by atoms with Crippen LogP contribution in [0.5, 0.6) is 5.75 Å². The zero-order chi connectivity index (χ0) is 18.5. The molecule has 26 heavy (non-hydrogen) atoms. The molecule has 0 atom stereocenters. The van der Waals surface area contributed by atoms with Gasteiger partial charge in [-0.15, -0.1) is 0 Å². The molecule has 1 N–H and O–H groups in total. The van der Waals surface area contributed by atoms with E-state index in [9.17, 15) is 9.59 Å². The maximum absolute atomic E-state index is 12.5. The number of nitrogens with one attached hydrogen (secondary N) is 1. The molecule has 2 amide bonds. The number of ether oxygens (including phenoxy) is 1. The fourth-order valence-corrected chi connectivity index (χ4v) is 3.01. The first-order valence-corrected chi connectivity index (χ1v) is 8.87. The number of aromatic amines is 1. The number of hydrogen-bond donors (Lipinski definition) is 1. The lowest BCUT2D eigenvalue weighted by Crippen LogP contribution is -2.51. The second-order valence-corrected chi connectivity index (χ2v) is 6.36. The fourth-order valence-electron chi connectivity index (χ4n) is 3.01. The van der Waals surface area contributed by atoms with Gasteiger partial charge in [0.15, 0.2) is 0 Å². The molecule has 0 spiro atoms. The lowest BCUT2D eigenvalue weighted by atomic mass is 10.1. The quantitative estimate of drug-likeness (QED) is 0.883. The Balaban J connectivity index is 1.51. The van der Waals surface area contributed by atoms with Crippen LogP contribution in [0.3, 0.4) is 0 Å². The minimum Gasteiger partial charge on any atom is -0.494 e. The lowest BCUT2D eigenvalue weighted by molar-refractivity contribution is -0.131. The summed E-state index contributed by atoms with van der Waals surface area (Å²) in [4.78, 5) is 28.5. The van der Waals surface area contributed by atoms with Crippen molar-refractivity contribution in [1.82, 2.24) is 20.0 Å². The first kappa shape index (κ1) is 18.0. The Morgan fingerprint density at radius 3 is 2.35 bits per heavy atom. The van der Waals surface area contributed by atoms with Crippen LogP contribution in [0.15, 0.2) is 30.3 Å². The maximum atomic E-state index is 12.5. The summed E-state index contributed by atoms with van der Waals surface area (Å²) in [6, 6.07) is 9.35. The number of H-pyrrole nitrogens is 1. The molecule has 3 rings (SSSR count). The van der Waals surface area contributed by atoms with Crippen molar-refractivity contribution in [2.75, 3.05) is 32.8 Å². The van der Waals surface area contributed by atoms with Crippen molar-refractivity contribution in [2.24, 2.45) is 0 Å². The Morgan fingerprint density at radius 1 is 1.12 bits per heavy atom. The third-order valence-corrected chi connectivity index (χ3v) is 4.43. The number of carbonyl (C=O) groups is 2. The van der Waals surface area contributed by atoms with Crippen LogP contribution in [0.25, 0.3) is 0 Å². The van der Waals surface area contributed by atoms with Gasteiger partial charge in [-0.2, -0.15) is 5.10 Å². The first-order chi connectivity index (χ1) is 12.6. The van der Waals surface area contributed by atoms with E-state index in [4.69, 9.17) is 4.74 Å². The highest BCUT2D eigenvalue weighted by atomic mass is 16.5. The van der Waals surface area contributed by atoms with Gasteiger partial charge in [-0.1, -0.05) is 12.1 Å². The van der Waals surface area contributed by atoms with Crippen molar-refractivity contribution >= 4 is 11.8 Å². The average Bonchev–Trinajstić information content (AvgIpc) is 3.09. The minimum absolute atomic E-state index is 0.0804. The molecule has 138 valence electrons. The number of carbonyl (C=O) groups excluding carboxylic acids is 2. The number of piperazine rings is 1. The zero-order valence-electron chi connectivity index (χ0n) is 15.2. The van der Waals surface area contributed by atoms with E-state index < -0.39 is 0 Å². The smallest absolute Gasteiger partial charge is 0.274 e. The maximum Gasteiger partial charge on any atom is 0.274 e. The summed E-state index contributed by atoms with van der Waals surface area (Å²) in [5.74, 6) is 0.800. The van der Waals surface area contributed by atoms with Crippen LogP contribution in [-0.2, 0) is 11.2 Å². The van der Waals surface area contributed by atoms with E-state index in [-0.39, 0.29) is 11.8 Å². The SMILES string of the molecule is CCOc1ccc(CC(=O)N2CCN(C(=O)c3cc(C)[nH]n3)CC2)cc1. The summed E-state index contributed by atoms with van der Waals surface area (Å²) >= 11 is 0. The highest BCUT2D eigenvalue weighted by Crippen LogP contribution is 2.14. The van der Waals surface area contributed by atoms with Gasteiger partial charge in [-0.3, -0.25) is 14.7 Å². The summed E-state index contributed by atoms with van der Waals surface area (Å²) in [6.45, 7) is 6.57. The molecule has 0 bridgehead atoms. The Bertz CT molecular complexity index is 761. The second kappa shape index (κ2) is 8.03. The molecule has 2 aromatic rings. The summed E-state index contributed by atoms with van der Waals surface area (Å²) < 4.78 is 5.41. The van der Waals surface area contributed by atoms with Crippen LogP contribution in [0.4, 0.5) is 0 Å². The molecule has 1 aromatic heterocycles. The molecule has 1 aliphatic rings. The van der Waals surface area contributed by atoms with E-state index in [0.717, 1.165) is 17.0 Å². The molecular weight excluding hydrogens is 332 g/mol. The van der Waals surface area contributed by atoms with Crippen molar-refractivity contribution in [3.8, 4) is 5.75 Å². The molecule has 7 nitrogen and oxygen atoms in total. The van der Waals surface area contributed by atoms with Crippen LogP contribution >= 0.6 is 0 Å². The summed E-state index contributed by atoms with van der Waals surface area (Å²) in [5.41, 5.74) is 2.25. The number of aromatic nitrogens is 2. The summed E-state index contributed by atoms with van der Waals surface area (Å²) in [6.07, 6.45) is 0.360. The van der Waals surface area contributed by atoms with Crippen LogP contribution in [0.2, 0.25) is 0 Å². The van der Waals surface area contributed by atoms with Crippen molar-refractivity contribution in [1.29, 1.82) is 0 Å². The van der Waals surface area contributed by atoms with Crippen molar-refractivity contribution in [2.45, 2.75) is 20.3 Å². The third kappa shape index (κ3) is 4.22. The minimum atomic E-state index is -0.0899.